The summed E-state index contributed by atoms with van der Waals surface area (Å²) in [4.78, 5) is 15.2. The second-order valence-corrected chi connectivity index (χ2v) is 4.75. The van der Waals surface area contributed by atoms with E-state index in [2.05, 4.69) is 19.8 Å². The summed E-state index contributed by atoms with van der Waals surface area (Å²) in [5.74, 6) is -2.53. The third kappa shape index (κ3) is 4.48. The van der Waals surface area contributed by atoms with E-state index in [1.165, 1.54) is 12.1 Å². The molecule has 1 N–H and O–H groups in total. The van der Waals surface area contributed by atoms with Gasteiger partial charge in [-0.1, -0.05) is 11.6 Å². The van der Waals surface area contributed by atoms with Crippen LogP contribution in [0.2, 0.25) is 5.15 Å². The molecule has 0 amide bonds. The van der Waals surface area contributed by atoms with Gasteiger partial charge >= 0.3 is 12.3 Å². The molecule has 2 aromatic rings. The Morgan fingerprint density at radius 1 is 1.29 bits per heavy atom. The van der Waals surface area contributed by atoms with Crippen molar-refractivity contribution in [2.45, 2.75) is 6.36 Å². The van der Waals surface area contributed by atoms with Crippen LogP contribution in [0.25, 0.3) is 0 Å². The smallest absolute Gasteiger partial charge is 0.465 e. The van der Waals surface area contributed by atoms with Crippen LogP contribution in [0.5, 0.6) is 5.75 Å². The highest BCUT2D eigenvalue weighted by Crippen LogP contribution is 2.31. The van der Waals surface area contributed by atoms with E-state index in [1.807, 2.05) is 0 Å². The number of carbonyl (C=O) groups excluding carboxylic acids is 1. The van der Waals surface area contributed by atoms with Gasteiger partial charge in [-0.05, 0) is 18.2 Å². The molecule has 0 aliphatic heterocycles. The van der Waals surface area contributed by atoms with Crippen LogP contribution in [0.3, 0.4) is 0 Å². The van der Waals surface area contributed by atoms with Gasteiger partial charge in [-0.15, -0.1) is 13.2 Å². The van der Waals surface area contributed by atoms with E-state index >= 15 is 0 Å². The number of esters is 1. The number of nitrogens with zero attached hydrogens (tertiary/aromatic N) is 1. The maximum atomic E-state index is 13.6. The SMILES string of the molecule is COC(=O)c1cc(Nc2cc(Cl)ncc2F)ccc1OC(F)(F)F. The summed E-state index contributed by atoms with van der Waals surface area (Å²) < 4.78 is 58.9. The number of ether oxygens (including phenoxy) is 2. The maximum absolute atomic E-state index is 13.6. The maximum Gasteiger partial charge on any atom is 0.573 e. The summed E-state index contributed by atoms with van der Waals surface area (Å²) in [7, 11) is 1.00. The standard InChI is InChI=1S/C14H9ClF4N2O3/c1-23-13(22)8-4-7(2-3-11(8)24-14(17,18)19)21-10-5-12(15)20-6-9(10)16/h2-6H,1H3,(H,20,21). The lowest BCUT2D eigenvalue weighted by Gasteiger charge is -2.14. The molecule has 0 unspecified atom stereocenters. The third-order valence-corrected chi connectivity index (χ3v) is 2.92. The number of methoxy groups -OCH3 is 1. The minimum atomic E-state index is -4.98. The van der Waals surface area contributed by atoms with Gasteiger partial charge in [0.05, 0.1) is 19.0 Å². The molecule has 5 nitrogen and oxygen atoms in total. The first-order valence-corrected chi connectivity index (χ1v) is 6.63. The molecule has 1 heterocycles. The van der Waals surface area contributed by atoms with Gasteiger partial charge in [0.1, 0.15) is 16.5 Å². The predicted octanol–water partition coefficient (Wildman–Crippen LogP) is 4.30. The van der Waals surface area contributed by atoms with E-state index < -0.39 is 29.5 Å². The van der Waals surface area contributed by atoms with Gasteiger partial charge in [-0.3, -0.25) is 0 Å². The Labute approximate surface area is 138 Å². The largest absolute Gasteiger partial charge is 0.573 e. The minimum Gasteiger partial charge on any atom is -0.465 e. The Morgan fingerprint density at radius 2 is 2.00 bits per heavy atom. The first-order chi connectivity index (χ1) is 11.2. The fourth-order valence-electron chi connectivity index (χ4n) is 1.76. The monoisotopic (exact) mass is 364 g/mol. The molecule has 0 fully saturated rings. The molecule has 0 spiro atoms. The van der Waals surface area contributed by atoms with Gasteiger partial charge in [0.2, 0.25) is 0 Å². The van der Waals surface area contributed by atoms with Crippen molar-refractivity contribution < 1.29 is 31.8 Å². The van der Waals surface area contributed by atoms with Crippen molar-refractivity contribution in [1.29, 1.82) is 0 Å². The zero-order valence-corrected chi connectivity index (χ0v) is 12.7. The number of benzene rings is 1. The van der Waals surface area contributed by atoms with E-state index in [0.29, 0.717) is 0 Å². The number of pyridine rings is 1. The van der Waals surface area contributed by atoms with Gasteiger partial charge in [-0.2, -0.15) is 0 Å². The highest BCUT2D eigenvalue weighted by Gasteiger charge is 2.33. The molecular formula is C14H9ClF4N2O3. The van der Waals surface area contributed by atoms with Crippen LogP contribution in [0.4, 0.5) is 28.9 Å². The molecule has 0 atom stereocenters. The van der Waals surface area contributed by atoms with Gasteiger partial charge in [0, 0.05) is 11.8 Å². The Morgan fingerprint density at radius 3 is 2.62 bits per heavy atom. The van der Waals surface area contributed by atoms with Crippen molar-refractivity contribution >= 4 is 28.9 Å². The first kappa shape index (κ1) is 17.8. The molecule has 0 radical (unpaired) electrons. The number of carbonyl (C=O) groups is 1. The molecule has 0 saturated heterocycles. The number of hydrogen-bond acceptors (Lipinski definition) is 5. The lowest BCUT2D eigenvalue weighted by atomic mass is 10.1. The number of halogens is 5. The van der Waals surface area contributed by atoms with E-state index in [0.717, 1.165) is 25.4 Å². The molecule has 1 aromatic carbocycles. The van der Waals surface area contributed by atoms with Gasteiger partial charge in [0.15, 0.2) is 5.82 Å². The van der Waals surface area contributed by atoms with Crippen molar-refractivity contribution in [1.82, 2.24) is 4.98 Å². The van der Waals surface area contributed by atoms with Crippen molar-refractivity contribution in [2.75, 3.05) is 12.4 Å². The van der Waals surface area contributed by atoms with Gasteiger partial charge < -0.3 is 14.8 Å². The van der Waals surface area contributed by atoms with E-state index in [4.69, 9.17) is 11.6 Å². The molecular weight excluding hydrogens is 356 g/mol. The Kier molecular flexibility index (Phi) is 5.13. The summed E-state index contributed by atoms with van der Waals surface area (Å²) in [6, 6.07) is 4.28. The van der Waals surface area contributed by atoms with E-state index in [1.54, 1.807) is 0 Å². The molecule has 1 aromatic heterocycles. The van der Waals surface area contributed by atoms with Crippen LogP contribution in [-0.4, -0.2) is 24.4 Å². The van der Waals surface area contributed by atoms with Crippen molar-refractivity contribution in [2.24, 2.45) is 0 Å². The number of anilines is 2. The average Bonchev–Trinajstić information content (AvgIpc) is 2.50. The molecule has 128 valence electrons. The lowest BCUT2D eigenvalue weighted by molar-refractivity contribution is -0.274. The highest BCUT2D eigenvalue weighted by molar-refractivity contribution is 6.29. The van der Waals surface area contributed by atoms with Crippen LogP contribution < -0.4 is 10.1 Å². The van der Waals surface area contributed by atoms with Crippen LogP contribution in [0, 0.1) is 5.82 Å². The topological polar surface area (TPSA) is 60.5 Å². The van der Waals surface area contributed by atoms with Crippen molar-refractivity contribution in [3.05, 3.63) is 47.0 Å². The Bertz CT molecular complexity index is 768. The fourth-order valence-corrected chi connectivity index (χ4v) is 1.91. The molecule has 10 heteroatoms. The summed E-state index contributed by atoms with van der Waals surface area (Å²) in [5.41, 5.74) is -0.443. The van der Waals surface area contributed by atoms with Gasteiger partial charge in [0.25, 0.3) is 0 Å². The number of hydrogen-bond donors (Lipinski definition) is 1. The van der Waals surface area contributed by atoms with E-state index in [9.17, 15) is 22.4 Å². The van der Waals surface area contributed by atoms with Crippen LogP contribution in [0.1, 0.15) is 10.4 Å². The number of rotatable bonds is 4. The summed E-state index contributed by atoms with van der Waals surface area (Å²) >= 11 is 5.65. The van der Waals surface area contributed by atoms with Gasteiger partial charge in [-0.25, -0.2) is 14.2 Å². The van der Waals surface area contributed by atoms with Crippen molar-refractivity contribution in [3.8, 4) is 5.75 Å². The molecule has 0 aliphatic carbocycles. The molecule has 2 rings (SSSR count). The third-order valence-electron chi connectivity index (χ3n) is 2.71. The minimum absolute atomic E-state index is 0.00381. The Balaban J connectivity index is 2.38. The van der Waals surface area contributed by atoms with Crippen LogP contribution in [0.15, 0.2) is 30.5 Å². The second-order valence-electron chi connectivity index (χ2n) is 4.36. The average molecular weight is 365 g/mol. The second kappa shape index (κ2) is 6.91. The van der Waals surface area contributed by atoms with E-state index in [-0.39, 0.29) is 16.5 Å². The first-order valence-electron chi connectivity index (χ1n) is 6.26. The zero-order chi connectivity index (χ0) is 17.9. The molecule has 0 saturated carbocycles. The molecule has 24 heavy (non-hydrogen) atoms. The fraction of sp³-hybridized carbons (Fsp3) is 0.143. The lowest BCUT2D eigenvalue weighted by Crippen LogP contribution is -2.19. The Hall–Kier alpha value is -2.55. The van der Waals surface area contributed by atoms with Crippen LogP contribution in [-0.2, 0) is 4.74 Å². The number of aromatic nitrogens is 1. The van der Waals surface area contributed by atoms with Crippen LogP contribution >= 0.6 is 11.6 Å². The number of alkyl halides is 3. The predicted molar refractivity (Wildman–Crippen MR) is 77.0 cm³/mol. The zero-order valence-electron chi connectivity index (χ0n) is 11.9. The number of nitrogens with one attached hydrogen (secondary N) is 1. The quantitative estimate of drug-likeness (QED) is 0.498. The van der Waals surface area contributed by atoms with Crippen molar-refractivity contribution in [3.63, 3.8) is 0 Å². The molecule has 0 bridgehead atoms. The highest BCUT2D eigenvalue weighted by atomic mass is 35.5. The summed E-state index contributed by atoms with van der Waals surface area (Å²) in [6.07, 6.45) is -4.12. The molecule has 0 aliphatic rings. The summed E-state index contributed by atoms with van der Waals surface area (Å²) in [5, 5.41) is 2.58. The summed E-state index contributed by atoms with van der Waals surface area (Å²) in [6.45, 7) is 0. The normalized spacial score (nSPS) is 11.1.